The first-order valence-corrected chi connectivity index (χ1v) is 11.7. The highest BCUT2D eigenvalue weighted by Crippen LogP contribution is 2.36. The van der Waals surface area contributed by atoms with Crippen LogP contribution >= 0.6 is 22.9 Å². The Morgan fingerprint density at radius 1 is 1.18 bits per heavy atom. The molecule has 0 bridgehead atoms. The Hall–Kier alpha value is -3.33. The normalized spacial score (nSPS) is 11.6. The lowest BCUT2D eigenvalue weighted by Gasteiger charge is -2.11. The summed E-state index contributed by atoms with van der Waals surface area (Å²) in [5.41, 5.74) is 4.96. The summed E-state index contributed by atoms with van der Waals surface area (Å²) in [5, 5.41) is 12.8. The second-order valence-electron chi connectivity index (χ2n) is 7.68. The molecule has 0 aliphatic rings. The molecule has 1 unspecified atom stereocenters. The smallest absolute Gasteiger partial charge is 0.304 e. The Balaban J connectivity index is 1.52. The van der Waals surface area contributed by atoms with Gasteiger partial charge in [0.25, 0.3) is 0 Å². The first kappa shape index (κ1) is 22.8. The average molecular weight is 476 g/mol. The van der Waals surface area contributed by atoms with Crippen LogP contribution in [0.1, 0.15) is 36.0 Å². The van der Waals surface area contributed by atoms with Crippen molar-refractivity contribution in [2.24, 2.45) is 0 Å². The largest absolute Gasteiger partial charge is 0.489 e. The van der Waals surface area contributed by atoms with Gasteiger partial charge in [0.05, 0.1) is 18.0 Å². The third kappa shape index (κ3) is 5.36. The summed E-state index contributed by atoms with van der Waals surface area (Å²) < 4.78 is 7.18. The van der Waals surface area contributed by atoms with Gasteiger partial charge in [0.15, 0.2) is 0 Å². The van der Waals surface area contributed by atoms with Gasteiger partial charge >= 0.3 is 5.97 Å². The number of benzene rings is 2. The number of thiophene rings is 1. The highest BCUT2D eigenvalue weighted by molar-refractivity contribution is 7.17. The summed E-state index contributed by atoms with van der Waals surface area (Å²) in [7, 11) is 0. The van der Waals surface area contributed by atoms with Gasteiger partial charge in [-0.05, 0) is 60.9 Å². The topological polar surface area (TPSA) is 59.4 Å². The molecule has 0 saturated carbocycles. The van der Waals surface area contributed by atoms with Crippen LogP contribution in [0.3, 0.4) is 0 Å². The molecule has 0 aliphatic carbocycles. The number of ether oxygens (including phenoxy) is 1. The van der Waals surface area contributed by atoms with E-state index in [2.05, 4.69) is 40.4 Å². The van der Waals surface area contributed by atoms with Crippen LogP contribution in [0.2, 0.25) is 5.15 Å². The molecule has 0 fully saturated rings. The Bertz CT molecular complexity index is 1370. The number of hydrogen-bond acceptors (Lipinski definition) is 4. The van der Waals surface area contributed by atoms with Crippen molar-refractivity contribution in [3.63, 3.8) is 0 Å². The van der Waals surface area contributed by atoms with E-state index in [1.807, 2.05) is 37.3 Å². The fourth-order valence-electron chi connectivity index (χ4n) is 3.69. The minimum Gasteiger partial charge on any atom is -0.489 e. The fraction of sp³-hybridized carbons (Fsp3) is 0.185. The minimum atomic E-state index is -0.866. The number of aromatic nitrogens is 1. The van der Waals surface area contributed by atoms with Gasteiger partial charge in [0, 0.05) is 21.0 Å². The maximum atomic E-state index is 11.1. The molecule has 1 atom stereocenters. The van der Waals surface area contributed by atoms with Crippen molar-refractivity contribution in [1.82, 2.24) is 4.98 Å². The summed E-state index contributed by atoms with van der Waals surface area (Å²) in [6.07, 6.45) is -0.0228. The molecule has 4 rings (SSSR count). The number of nitrogens with zero attached hydrogens (tertiary/aromatic N) is 1. The maximum Gasteiger partial charge on any atom is 0.304 e. The van der Waals surface area contributed by atoms with Crippen LogP contribution in [-0.2, 0) is 11.4 Å². The van der Waals surface area contributed by atoms with Gasteiger partial charge in [-0.1, -0.05) is 41.8 Å². The summed E-state index contributed by atoms with van der Waals surface area (Å²) in [6, 6.07) is 17.6. The number of aryl methyl sites for hydroxylation is 1. The zero-order valence-corrected chi connectivity index (χ0v) is 19.8. The van der Waals surface area contributed by atoms with E-state index in [1.165, 1.54) is 4.70 Å². The van der Waals surface area contributed by atoms with Crippen molar-refractivity contribution in [1.29, 1.82) is 0 Å². The van der Waals surface area contributed by atoms with Crippen molar-refractivity contribution >= 4 is 39.0 Å². The molecule has 6 heteroatoms. The van der Waals surface area contributed by atoms with Crippen LogP contribution in [0.25, 0.3) is 21.3 Å². The van der Waals surface area contributed by atoms with Crippen LogP contribution < -0.4 is 4.74 Å². The van der Waals surface area contributed by atoms with Gasteiger partial charge in [-0.3, -0.25) is 4.79 Å². The molecule has 1 N–H and O–H groups in total. The van der Waals surface area contributed by atoms with Crippen LogP contribution in [0.4, 0.5) is 0 Å². The molecule has 2 aromatic heterocycles. The molecule has 0 saturated heterocycles. The van der Waals surface area contributed by atoms with Crippen LogP contribution in [0, 0.1) is 18.8 Å². The lowest BCUT2D eigenvalue weighted by molar-refractivity contribution is -0.137. The van der Waals surface area contributed by atoms with Crippen LogP contribution in [-0.4, -0.2) is 16.1 Å². The third-order valence-corrected chi connectivity index (χ3v) is 6.52. The lowest BCUT2D eigenvalue weighted by Crippen LogP contribution is -2.04. The van der Waals surface area contributed by atoms with Crippen molar-refractivity contribution in [3.05, 3.63) is 81.8 Å². The van der Waals surface area contributed by atoms with Crippen molar-refractivity contribution < 1.29 is 14.6 Å². The molecule has 2 heterocycles. The Morgan fingerprint density at radius 2 is 1.97 bits per heavy atom. The van der Waals surface area contributed by atoms with E-state index in [-0.39, 0.29) is 12.3 Å². The van der Waals surface area contributed by atoms with Crippen LogP contribution in [0.15, 0.2) is 60.0 Å². The van der Waals surface area contributed by atoms with Gasteiger partial charge in [0.2, 0.25) is 0 Å². The zero-order chi connectivity index (χ0) is 23.4. The summed E-state index contributed by atoms with van der Waals surface area (Å²) in [6.45, 7) is 4.16. The molecule has 166 valence electrons. The zero-order valence-electron chi connectivity index (χ0n) is 18.3. The highest BCUT2D eigenvalue weighted by atomic mass is 35.5. The predicted molar refractivity (Wildman–Crippen MR) is 134 cm³/mol. The quantitative estimate of drug-likeness (QED) is 0.229. The highest BCUT2D eigenvalue weighted by Gasteiger charge is 2.14. The number of aliphatic carboxylic acids is 1. The Labute approximate surface area is 201 Å². The van der Waals surface area contributed by atoms with E-state index in [1.54, 1.807) is 24.3 Å². The summed E-state index contributed by atoms with van der Waals surface area (Å²) >= 11 is 7.82. The van der Waals surface area contributed by atoms with Gasteiger partial charge in [-0.15, -0.1) is 17.3 Å². The molecule has 4 aromatic rings. The number of pyridine rings is 1. The predicted octanol–water partition coefficient (Wildman–Crippen LogP) is 7.09. The average Bonchev–Trinajstić information content (AvgIpc) is 3.22. The van der Waals surface area contributed by atoms with Crippen molar-refractivity contribution in [2.75, 3.05) is 0 Å². The number of hydrogen-bond donors (Lipinski definition) is 1. The van der Waals surface area contributed by atoms with Gasteiger partial charge in [-0.2, -0.15) is 0 Å². The molecule has 0 spiro atoms. The second kappa shape index (κ2) is 10.1. The van der Waals surface area contributed by atoms with E-state index in [0.717, 1.165) is 39.1 Å². The fourth-order valence-corrected chi connectivity index (χ4v) is 4.76. The Morgan fingerprint density at radius 3 is 2.70 bits per heavy atom. The molecule has 0 radical (unpaired) electrons. The lowest BCUT2D eigenvalue weighted by atomic mass is 9.96. The molecule has 0 aliphatic heterocycles. The standard InChI is InChI=1S/C27H22ClNO3S/c1-3-4-20(14-26(30)31)19-7-9-21(10-8-19)32-15-18-6-11-24-22(13-18)23(16-33-24)27-17(2)5-12-25(28)29-27/h5-13,16,20H,14-15H2,1-2H3,(H,30,31). The molecule has 4 nitrogen and oxygen atoms in total. The number of carboxylic acid groups (broad SMARTS) is 1. The SMILES string of the molecule is CC#CC(CC(=O)O)c1ccc(OCc2ccc3scc(-c4nc(Cl)ccc4C)c3c2)cc1. The monoisotopic (exact) mass is 475 g/mol. The van der Waals surface area contributed by atoms with Gasteiger partial charge < -0.3 is 9.84 Å². The van der Waals surface area contributed by atoms with E-state index in [0.29, 0.717) is 11.8 Å². The van der Waals surface area contributed by atoms with Crippen molar-refractivity contribution in [2.45, 2.75) is 32.8 Å². The van der Waals surface area contributed by atoms with E-state index >= 15 is 0 Å². The number of rotatable bonds is 7. The second-order valence-corrected chi connectivity index (χ2v) is 8.98. The first-order chi connectivity index (χ1) is 15.9. The van der Waals surface area contributed by atoms with Gasteiger partial charge in [0.1, 0.15) is 17.5 Å². The van der Waals surface area contributed by atoms with Crippen molar-refractivity contribution in [3.8, 4) is 28.8 Å². The summed E-state index contributed by atoms with van der Waals surface area (Å²) in [5.74, 6) is 5.30. The molecule has 0 amide bonds. The first-order valence-electron chi connectivity index (χ1n) is 10.4. The van der Waals surface area contributed by atoms with Gasteiger partial charge in [-0.25, -0.2) is 4.98 Å². The number of fused-ring (bicyclic) bond motifs is 1. The molecule has 2 aromatic carbocycles. The Kier molecular flexibility index (Phi) is 6.98. The molecule has 33 heavy (non-hydrogen) atoms. The third-order valence-electron chi connectivity index (χ3n) is 5.34. The van der Waals surface area contributed by atoms with Crippen LogP contribution in [0.5, 0.6) is 5.75 Å². The van der Waals surface area contributed by atoms with E-state index in [9.17, 15) is 4.79 Å². The number of halogens is 1. The van der Waals surface area contributed by atoms with E-state index in [4.69, 9.17) is 21.4 Å². The number of carboxylic acids is 1. The maximum absolute atomic E-state index is 11.1. The summed E-state index contributed by atoms with van der Waals surface area (Å²) in [4.78, 5) is 15.6. The van der Waals surface area contributed by atoms with E-state index < -0.39 is 5.97 Å². The molecular formula is C27H22ClNO3S. The molecular weight excluding hydrogens is 454 g/mol. The number of carbonyl (C=O) groups is 1. The minimum absolute atomic E-state index is 0.0228.